The zero-order valence-corrected chi connectivity index (χ0v) is 19.7. The summed E-state index contributed by atoms with van der Waals surface area (Å²) in [5.41, 5.74) is 6.84. The van der Waals surface area contributed by atoms with E-state index in [0.29, 0.717) is 17.8 Å². The minimum Gasteiger partial charge on any atom is -0.264 e. The van der Waals surface area contributed by atoms with E-state index in [4.69, 9.17) is 0 Å². The van der Waals surface area contributed by atoms with Crippen LogP contribution in [0.5, 0.6) is 0 Å². The molecule has 3 unspecified atom stereocenters. The molecule has 1 aliphatic rings. The molecular formula is C28H41N. The van der Waals surface area contributed by atoms with Crippen LogP contribution in [0, 0.1) is 24.7 Å². The lowest BCUT2D eigenvalue weighted by atomic mass is 9.79. The number of pyridine rings is 1. The van der Waals surface area contributed by atoms with Crippen molar-refractivity contribution in [2.45, 2.75) is 67.7 Å². The Balaban J connectivity index is 0.000000989. The summed E-state index contributed by atoms with van der Waals surface area (Å²) in [5.74, 6) is 1.80. The molecule has 0 aliphatic heterocycles. The molecule has 0 amide bonds. The Bertz CT molecular complexity index is 740. The summed E-state index contributed by atoms with van der Waals surface area (Å²) in [4.78, 5) is 4.27. The minimum absolute atomic E-state index is 0.547. The highest BCUT2D eigenvalue weighted by Gasteiger charge is 2.30. The van der Waals surface area contributed by atoms with Crippen molar-refractivity contribution in [1.29, 1.82) is 0 Å². The van der Waals surface area contributed by atoms with Gasteiger partial charge in [-0.05, 0) is 66.7 Å². The first-order chi connectivity index (χ1) is 14.0. The maximum Gasteiger partial charge on any atom is 0.0342 e. The van der Waals surface area contributed by atoms with Crippen LogP contribution in [0.3, 0.4) is 0 Å². The molecule has 1 aromatic heterocycles. The lowest BCUT2D eigenvalue weighted by molar-refractivity contribution is 0.347. The Morgan fingerprint density at radius 2 is 1.76 bits per heavy atom. The predicted molar refractivity (Wildman–Crippen MR) is 130 cm³/mol. The average molecular weight is 392 g/mol. The van der Waals surface area contributed by atoms with Gasteiger partial charge in [-0.25, -0.2) is 0 Å². The molecule has 3 atom stereocenters. The van der Waals surface area contributed by atoms with Crippen LogP contribution in [0.2, 0.25) is 0 Å². The van der Waals surface area contributed by atoms with Crippen molar-refractivity contribution >= 4 is 5.57 Å². The van der Waals surface area contributed by atoms with Gasteiger partial charge < -0.3 is 0 Å². The molecule has 0 radical (unpaired) electrons. The Kier molecular flexibility index (Phi) is 11.3. The van der Waals surface area contributed by atoms with E-state index in [9.17, 15) is 0 Å². The van der Waals surface area contributed by atoms with E-state index in [1.54, 1.807) is 0 Å². The van der Waals surface area contributed by atoms with Gasteiger partial charge in [-0.15, -0.1) is 0 Å². The van der Waals surface area contributed by atoms with Gasteiger partial charge in [-0.3, -0.25) is 4.98 Å². The van der Waals surface area contributed by atoms with Crippen LogP contribution in [-0.2, 0) is 6.42 Å². The standard InChI is InChI=1S/C24H29N.2C2H6/c1-17-7-10-21(11-8-17)12-9-18(2)20(4)24-15-23(14-19(24)3)22-6-5-13-25-16-22;2*1-2/h5-8,10-11,13-14,16,19-20,24H,2,9,12,15H2,1,3-4H3;2*1-2H3. The number of allylic oxidation sites excluding steroid dienone is 3. The monoisotopic (exact) mass is 391 g/mol. The van der Waals surface area contributed by atoms with E-state index in [0.717, 1.165) is 19.3 Å². The first-order valence-electron chi connectivity index (χ1n) is 11.4. The lowest BCUT2D eigenvalue weighted by Crippen LogP contribution is -2.17. The van der Waals surface area contributed by atoms with E-state index in [1.807, 2.05) is 46.2 Å². The third-order valence-electron chi connectivity index (χ3n) is 5.77. The molecule has 0 saturated heterocycles. The van der Waals surface area contributed by atoms with Gasteiger partial charge in [0.2, 0.25) is 0 Å². The van der Waals surface area contributed by atoms with Crippen molar-refractivity contribution < 1.29 is 0 Å². The van der Waals surface area contributed by atoms with Crippen molar-refractivity contribution in [3.05, 3.63) is 83.7 Å². The first kappa shape index (κ1) is 24.9. The lowest BCUT2D eigenvalue weighted by Gasteiger charge is -2.26. The van der Waals surface area contributed by atoms with Crippen molar-refractivity contribution in [3.8, 4) is 0 Å². The average Bonchev–Trinajstić information content (AvgIpc) is 3.17. The molecular weight excluding hydrogens is 350 g/mol. The minimum atomic E-state index is 0.547. The molecule has 3 rings (SSSR count). The summed E-state index contributed by atoms with van der Waals surface area (Å²) in [6.45, 7) is 19.3. The number of hydrogen-bond donors (Lipinski definition) is 0. The summed E-state index contributed by atoms with van der Waals surface area (Å²) in [6.07, 6.45) is 9.57. The summed E-state index contributed by atoms with van der Waals surface area (Å²) in [7, 11) is 0. The largest absolute Gasteiger partial charge is 0.264 e. The number of aromatic nitrogens is 1. The molecule has 0 fully saturated rings. The number of rotatable bonds is 6. The van der Waals surface area contributed by atoms with Crippen molar-refractivity contribution in [3.63, 3.8) is 0 Å². The Morgan fingerprint density at radius 3 is 2.34 bits per heavy atom. The highest BCUT2D eigenvalue weighted by atomic mass is 14.6. The quantitative estimate of drug-likeness (QED) is 0.451. The second-order valence-electron chi connectivity index (χ2n) is 7.59. The molecule has 29 heavy (non-hydrogen) atoms. The van der Waals surface area contributed by atoms with Crippen LogP contribution in [0.15, 0.2) is 67.0 Å². The predicted octanol–water partition coefficient (Wildman–Crippen LogP) is 8.31. The normalized spacial score (nSPS) is 18.5. The third kappa shape index (κ3) is 7.31. The zero-order valence-electron chi connectivity index (χ0n) is 19.7. The van der Waals surface area contributed by atoms with Gasteiger partial charge in [-0.2, -0.15) is 0 Å². The fraction of sp³-hybridized carbons (Fsp3) is 0.464. The first-order valence-corrected chi connectivity index (χ1v) is 11.4. The number of benzene rings is 1. The van der Waals surface area contributed by atoms with Gasteiger partial charge in [0.25, 0.3) is 0 Å². The molecule has 0 N–H and O–H groups in total. The van der Waals surface area contributed by atoms with Crippen molar-refractivity contribution in [1.82, 2.24) is 4.98 Å². The number of aryl methyl sites for hydroxylation is 2. The molecule has 1 aromatic carbocycles. The molecule has 0 saturated carbocycles. The fourth-order valence-electron chi connectivity index (χ4n) is 3.94. The van der Waals surface area contributed by atoms with Gasteiger partial charge in [0, 0.05) is 12.4 Å². The smallest absolute Gasteiger partial charge is 0.0342 e. The molecule has 2 aromatic rings. The SMILES string of the molecule is C=C(CCc1ccc(C)cc1)C(C)C1CC(c2cccnc2)=CC1C.CC.CC. The molecule has 158 valence electrons. The van der Waals surface area contributed by atoms with Gasteiger partial charge in [0.1, 0.15) is 0 Å². The van der Waals surface area contributed by atoms with E-state index >= 15 is 0 Å². The zero-order chi connectivity index (χ0) is 21.8. The van der Waals surface area contributed by atoms with Crippen LogP contribution in [0.1, 0.15) is 71.1 Å². The van der Waals surface area contributed by atoms with Gasteiger partial charge >= 0.3 is 0 Å². The van der Waals surface area contributed by atoms with Gasteiger partial charge in [-0.1, -0.05) is 95.7 Å². The summed E-state index contributed by atoms with van der Waals surface area (Å²) in [5, 5.41) is 0. The summed E-state index contributed by atoms with van der Waals surface area (Å²) in [6, 6.07) is 13.1. The number of nitrogens with zero attached hydrogens (tertiary/aromatic N) is 1. The molecule has 1 aliphatic carbocycles. The Hall–Kier alpha value is -2.15. The van der Waals surface area contributed by atoms with Gasteiger partial charge in [0.05, 0.1) is 0 Å². The van der Waals surface area contributed by atoms with Crippen LogP contribution >= 0.6 is 0 Å². The van der Waals surface area contributed by atoms with E-state index < -0.39 is 0 Å². The van der Waals surface area contributed by atoms with Crippen LogP contribution in [0.4, 0.5) is 0 Å². The maximum absolute atomic E-state index is 4.43. The molecule has 0 bridgehead atoms. The second kappa shape index (κ2) is 13.1. The van der Waals surface area contributed by atoms with Crippen LogP contribution in [-0.4, -0.2) is 4.98 Å². The Morgan fingerprint density at radius 1 is 1.10 bits per heavy atom. The maximum atomic E-state index is 4.43. The Labute approximate surface area is 180 Å². The van der Waals surface area contributed by atoms with E-state index in [1.165, 1.54) is 27.8 Å². The highest BCUT2D eigenvalue weighted by molar-refractivity contribution is 5.67. The number of hydrogen-bond acceptors (Lipinski definition) is 1. The topological polar surface area (TPSA) is 12.9 Å². The second-order valence-corrected chi connectivity index (χ2v) is 7.59. The molecule has 1 heteroatoms. The van der Waals surface area contributed by atoms with Crippen LogP contribution in [0.25, 0.3) is 5.57 Å². The molecule has 0 spiro atoms. The van der Waals surface area contributed by atoms with Crippen LogP contribution < -0.4 is 0 Å². The van der Waals surface area contributed by atoms with E-state index in [-0.39, 0.29) is 0 Å². The fourth-order valence-corrected chi connectivity index (χ4v) is 3.94. The molecule has 1 nitrogen and oxygen atoms in total. The molecule has 1 heterocycles. The van der Waals surface area contributed by atoms with Crippen molar-refractivity contribution in [2.75, 3.05) is 0 Å². The van der Waals surface area contributed by atoms with Crippen molar-refractivity contribution in [2.24, 2.45) is 17.8 Å². The summed E-state index contributed by atoms with van der Waals surface area (Å²) < 4.78 is 0. The van der Waals surface area contributed by atoms with Gasteiger partial charge in [0.15, 0.2) is 0 Å². The third-order valence-corrected chi connectivity index (χ3v) is 5.77. The summed E-state index contributed by atoms with van der Waals surface area (Å²) >= 11 is 0. The van der Waals surface area contributed by atoms with E-state index in [2.05, 4.69) is 68.7 Å². The highest BCUT2D eigenvalue weighted by Crippen LogP contribution is 2.42.